The summed E-state index contributed by atoms with van der Waals surface area (Å²) in [6.07, 6.45) is 3.66. The van der Waals surface area contributed by atoms with E-state index in [-0.39, 0.29) is 0 Å². The highest BCUT2D eigenvalue weighted by Gasteiger charge is 2.36. The molecule has 0 aliphatic carbocycles. The number of aliphatic carboxylic acids is 1. The van der Waals surface area contributed by atoms with Crippen molar-refractivity contribution in [2.45, 2.75) is 26.3 Å². The predicted molar refractivity (Wildman–Crippen MR) is 89.4 cm³/mol. The van der Waals surface area contributed by atoms with Crippen LogP contribution in [0, 0.1) is 10.8 Å². The highest BCUT2D eigenvalue weighted by Crippen LogP contribution is 2.28. The molecular formula is C18H21NO3. The summed E-state index contributed by atoms with van der Waals surface area (Å²) in [5.74, 6) is -0.952. The number of nitroso groups, excluding NO2 is 1. The van der Waals surface area contributed by atoms with Crippen molar-refractivity contribution in [3.63, 3.8) is 0 Å². The number of carboxylic acid groups (broad SMARTS) is 1. The van der Waals surface area contributed by atoms with Gasteiger partial charge in [0.05, 0.1) is 0 Å². The Morgan fingerprint density at radius 2 is 1.86 bits per heavy atom. The molecule has 4 nitrogen and oxygen atoms in total. The quantitative estimate of drug-likeness (QED) is 0.594. The summed E-state index contributed by atoms with van der Waals surface area (Å²) in [6.45, 7) is 13.2. The third kappa shape index (κ3) is 3.58. The van der Waals surface area contributed by atoms with Crippen LogP contribution in [-0.4, -0.2) is 11.1 Å². The number of benzene rings is 1. The molecule has 1 rings (SSSR count). The first-order valence-corrected chi connectivity index (χ1v) is 6.98. The minimum atomic E-state index is -1.78. The Balaban J connectivity index is 3.21. The Hall–Kier alpha value is -2.49. The average Bonchev–Trinajstić information content (AvgIpc) is 2.51. The molecule has 4 heteroatoms. The van der Waals surface area contributed by atoms with Crippen molar-refractivity contribution in [1.82, 2.24) is 0 Å². The first-order valence-electron chi connectivity index (χ1n) is 6.98. The second-order valence-electron chi connectivity index (χ2n) is 5.58. The number of hydrogen-bond acceptors (Lipinski definition) is 3. The van der Waals surface area contributed by atoms with Gasteiger partial charge < -0.3 is 5.11 Å². The smallest absolute Gasteiger partial charge is 0.339 e. The van der Waals surface area contributed by atoms with E-state index in [2.05, 4.69) is 32.2 Å². The standard InChI is InChI=1S/C18H21NO3/c1-6-14(11-13(4)12(2)3)15-7-9-16(10-8-15)18(5,19-22)17(20)21/h6-12H,1,4H2,2-3,5H3,(H,20,21)/b14-11+. The van der Waals surface area contributed by atoms with Crippen LogP contribution in [0.4, 0.5) is 0 Å². The van der Waals surface area contributed by atoms with E-state index in [0.717, 1.165) is 16.7 Å². The second-order valence-corrected chi connectivity index (χ2v) is 5.58. The zero-order chi connectivity index (χ0) is 16.9. The summed E-state index contributed by atoms with van der Waals surface area (Å²) in [6, 6.07) is 6.70. The second kappa shape index (κ2) is 6.98. The predicted octanol–water partition coefficient (Wildman–Crippen LogP) is 4.53. The largest absolute Gasteiger partial charge is 0.479 e. The normalized spacial score (nSPS) is 14.3. The number of carbonyl (C=O) groups is 1. The molecule has 22 heavy (non-hydrogen) atoms. The molecule has 0 radical (unpaired) electrons. The molecule has 1 N–H and O–H groups in total. The third-order valence-electron chi connectivity index (χ3n) is 3.68. The Kier molecular flexibility index (Phi) is 5.57. The zero-order valence-electron chi connectivity index (χ0n) is 13.2. The van der Waals surface area contributed by atoms with Gasteiger partial charge in [0.25, 0.3) is 0 Å². The van der Waals surface area contributed by atoms with Gasteiger partial charge in [-0.15, -0.1) is 4.91 Å². The molecule has 1 aromatic carbocycles. The van der Waals surface area contributed by atoms with Crippen molar-refractivity contribution in [3.8, 4) is 0 Å². The number of nitrogens with zero attached hydrogens (tertiary/aromatic N) is 1. The van der Waals surface area contributed by atoms with Gasteiger partial charge in [0, 0.05) is 0 Å². The number of hydrogen-bond donors (Lipinski definition) is 1. The highest BCUT2D eigenvalue weighted by molar-refractivity contribution is 5.81. The number of allylic oxidation sites excluding steroid dienone is 4. The van der Waals surface area contributed by atoms with Crippen LogP contribution in [-0.2, 0) is 10.3 Å². The Morgan fingerprint density at radius 1 is 1.32 bits per heavy atom. The van der Waals surface area contributed by atoms with Gasteiger partial charge in [-0.05, 0) is 34.7 Å². The fraction of sp³-hybridized carbons (Fsp3) is 0.278. The zero-order valence-corrected chi connectivity index (χ0v) is 13.2. The summed E-state index contributed by atoms with van der Waals surface area (Å²) in [5.41, 5.74) is 1.30. The van der Waals surface area contributed by atoms with E-state index in [1.165, 1.54) is 6.92 Å². The summed E-state index contributed by atoms with van der Waals surface area (Å²) < 4.78 is 0. The SMILES string of the molecule is C=C/C(=C\C(=C)C(C)C)c1ccc(C(C)(N=O)C(=O)O)cc1. The first kappa shape index (κ1) is 17.6. The summed E-state index contributed by atoms with van der Waals surface area (Å²) in [7, 11) is 0. The highest BCUT2D eigenvalue weighted by atomic mass is 16.4. The molecule has 0 aliphatic heterocycles. The molecule has 1 atom stereocenters. The van der Waals surface area contributed by atoms with E-state index in [1.807, 2.05) is 6.08 Å². The van der Waals surface area contributed by atoms with Gasteiger partial charge in [0.1, 0.15) is 0 Å². The van der Waals surface area contributed by atoms with E-state index in [0.29, 0.717) is 11.5 Å². The molecule has 1 aromatic rings. The monoisotopic (exact) mass is 299 g/mol. The Morgan fingerprint density at radius 3 is 2.23 bits per heavy atom. The number of rotatable bonds is 7. The van der Waals surface area contributed by atoms with Crippen molar-refractivity contribution < 1.29 is 9.90 Å². The van der Waals surface area contributed by atoms with Crippen LogP contribution in [0.15, 0.2) is 60.3 Å². The fourth-order valence-electron chi connectivity index (χ4n) is 1.83. The van der Waals surface area contributed by atoms with Crippen LogP contribution in [0.3, 0.4) is 0 Å². The maximum atomic E-state index is 11.2. The van der Waals surface area contributed by atoms with Gasteiger partial charge in [-0.3, -0.25) is 0 Å². The van der Waals surface area contributed by atoms with E-state index in [1.54, 1.807) is 30.3 Å². The number of carboxylic acids is 1. The molecule has 1 unspecified atom stereocenters. The van der Waals surface area contributed by atoms with Crippen molar-refractivity contribution in [1.29, 1.82) is 0 Å². The lowest BCUT2D eigenvalue weighted by Gasteiger charge is -2.17. The Labute approximate surface area is 130 Å². The molecule has 0 heterocycles. The van der Waals surface area contributed by atoms with Gasteiger partial charge in [-0.25, -0.2) is 4.79 Å². The third-order valence-corrected chi connectivity index (χ3v) is 3.68. The summed E-state index contributed by atoms with van der Waals surface area (Å²) in [4.78, 5) is 22.1. The lowest BCUT2D eigenvalue weighted by atomic mass is 9.91. The van der Waals surface area contributed by atoms with E-state index in [9.17, 15) is 9.70 Å². The molecule has 0 aromatic heterocycles. The molecule has 0 saturated heterocycles. The minimum Gasteiger partial charge on any atom is -0.479 e. The van der Waals surface area contributed by atoms with Crippen LogP contribution in [0.5, 0.6) is 0 Å². The maximum Gasteiger partial charge on any atom is 0.339 e. The average molecular weight is 299 g/mol. The van der Waals surface area contributed by atoms with Gasteiger partial charge in [-0.1, -0.05) is 69.0 Å². The molecule has 0 saturated carbocycles. The van der Waals surface area contributed by atoms with Crippen molar-refractivity contribution in [2.75, 3.05) is 0 Å². The van der Waals surface area contributed by atoms with Gasteiger partial charge in [0.15, 0.2) is 0 Å². The molecular weight excluding hydrogens is 278 g/mol. The molecule has 0 spiro atoms. The van der Waals surface area contributed by atoms with E-state index >= 15 is 0 Å². The molecule has 0 amide bonds. The van der Waals surface area contributed by atoms with E-state index < -0.39 is 11.5 Å². The van der Waals surface area contributed by atoms with Crippen molar-refractivity contribution >= 4 is 11.5 Å². The molecule has 0 aliphatic rings. The van der Waals surface area contributed by atoms with Gasteiger partial charge in [-0.2, -0.15) is 0 Å². The topological polar surface area (TPSA) is 66.7 Å². The van der Waals surface area contributed by atoms with Crippen molar-refractivity contribution in [3.05, 3.63) is 71.2 Å². The molecule has 0 bridgehead atoms. The lowest BCUT2D eigenvalue weighted by molar-refractivity contribution is -0.142. The Bertz CT molecular complexity index is 626. The summed E-state index contributed by atoms with van der Waals surface area (Å²) >= 11 is 0. The van der Waals surface area contributed by atoms with E-state index in [4.69, 9.17) is 5.11 Å². The summed E-state index contributed by atoms with van der Waals surface area (Å²) in [5, 5.41) is 11.9. The van der Waals surface area contributed by atoms with Gasteiger partial charge in [0.2, 0.25) is 5.54 Å². The van der Waals surface area contributed by atoms with Crippen LogP contribution >= 0.6 is 0 Å². The molecule has 116 valence electrons. The van der Waals surface area contributed by atoms with Crippen molar-refractivity contribution in [2.24, 2.45) is 11.1 Å². The van der Waals surface area contributed by atoms with Crippen LogP contribution in [0.2, 0.25) is 0 Å². The van der Waals surface area contributed by atoms with Gasteiger partial charge >= 0.3 is 5.97 Å². The fourth-order valence-corrected chi connectivity index (χ4v) is 1.83. The lowest BCUT2D eigenvalue weighted by Crippen LogP contribution is -2.29. The van der Waals surface area contributed by atoms with Crippen LogP contribution in [0.25, 0.3) is 5.57 Å². The molecule has 0 fully saturated rings. The van der Waals surface area contributed by atoms with Crippen LogP contribution < -0.4 is 0 Å². The minimum absolute atomic E-state index is 0.323. The maximum absolute atomic E-state index is 11.2. The van der Waals surface area contributed by atoms with Crippen LogP contribution in [0.1, 0.15) is 31.9 Å². The first-order chi connectivity index (χ1) is 10.3.